The van der Waals surface area contributed by atoms with E-state index in [2.05, 4.69) is 10.0 Å². The van der Waals surface area contributed by atoms with Crippen molar-refractivity contribution in [3.63, 3.8) is 0 Å². The van der Waals surface area contributed by atoms with Gasteiger partial charge in [-0.25, -0.2) is 0 Å². The summed E-state index contributed by atoms with van der Waals surface area (Å²) < 4.78 is 3.34. The van der Waals surface area contributed by atoms with E-state index in [-0.39, 0.29) is 5.91 Å². The summed E-state index contributed by atoms with van der Waals surface area (Å²) in [6.07, 6.45) is 0. The fourth-order valence-corrected chi connectivity index (χ4v) is 4.61. The van der Waals surface area contributed by atoms with Gasteiger partial charge in [-0.15, -0.1) is 0 Å². The van der Waals surface area contributed by atoms with Gasteiger partial charge in [-0.3, -0.25) is 4.79 Å². The van der Waals surface area contributed by atoms with E-state index in [1.807, 2.05) is 78.9 Å². The maximum Gasteiger partial charge on any atom is 0.253 e. The maximum atomic E-state index is 13.0. The Balaban J connectivity index is 1.63. The number of hydrogen-bond acceptors (Lipinski definition) is 3. The molecule has 1 amide bonds. The minimum Gasteiger partial charge on any atom is -0.348 e. The van der Waals surface area contributed by atoms with Gasteiger partial charge in [0.05, 0.1) is 11.3 Å². The molecule has 4 aromatic carbocycles. The Hall–Kier alpha value is -2.66. The summed E-state index contributed by atoms with van der Waals surface area (Å²) in [5.41, 5.74) is 2.37. The highest BCUT2D eigenvalue weighted by Crippen LogP contribution is 2.33. The van der Waals surface area contributed by atoms with Crippen molar-refractivity contribution in [1.29, 1.82) is 0 Å². The number of amides is 1. The van der Waals surface area contributed by atoms with Crippen LogP contribution in [-0.4, -0.2) is 5.91 Å². The highest BCUT2D eigenvalue weighted by molar-refractivity contribution is 8.00. The molecule has 30 heavy (non-hydrogen) atoms. The summed E-state index contributed by atoms with van der Waals surface area (Å²) in [6, 6.07) is 26.9. The predicted octanol–water partition coefficient (Wildman–Crippen LogP) is 7.20. The standard InChI is InChI=1S/C24H18Cl2N2OS/c25-18-12-19(26)14-20(13-18)30-28-23-21-9-5-4-8-17(21)10-11-22(23)24(29)27-15-16-6-2-1-3-7-16/h1-14,28H,15H2,(H,27,29). The Morgan fingerprint density at radius 1 is 0.833 bits per heavy atom. The molecule has 4 aromatic rings. The minimum absolute atomic E-state index is 0.142. The highest BCUT2D eigenvalue weighted by atomic mass is 35.5. The molecule has 0 atom stereocenters. The normalized spacial score (nSPS) is 10.7. The monoisotopic (exact) mass is 452 g/mol. The first-order chi connectivity index (χ1) is 14.6. The second-order valence-corrected chi connectivity index (χ2v) is 8.44. The number of rotatable bonds is 6. The molecular formula is C24H18Cl2N2OS. The zero-order valence-corrected chi connectivity index (χ0v) is 18.2. The summed E-state index contributed by atoms with van der Waals surface area (Å²) in [5.74, 6) is -0.142. The van der Waals surface area contributed by atoms with Crippen LogP contribution in [0.4, 0.5) is 5.69 Å². The zero-order valence-electron chi connectivity index (χ0n) is 15.9. The average molecular weight is 453 g/mol. The van der Waals surface area contributed by atoms with E-state index >= 15 is 0 Å². The molecule has 0 saturated heterocycles. The van der Waals surface area contributed by atoms with Crippen LogP contribution in [0.3, 0.4) is 0 Å². The third-order valence-electron chi connectivity index (χ3n) is 4.58. The lowest BCUT2D eigenvalue weighted by Crippen LogP contribution is -2.23. The molecule has 0 saturated carbocycles. The first kappa shape index (κ1) is 20.6. The Kier molecular flexibility index (Phi) is 6.48. The molecule has 0 aromatic heterocycles. The molecule has 0 unspecified atom stereocenters. The van der Waals surface area contributed by atoms with Gasteiger partial charge < -0.3 is 10.0 Å². The van der Waals surface area contributed by atoms with Gasteiger partial charge in [0.25, 0.3) is 5.91 Å². The van der Waals surface area contributed by atoms with Crippen molar-refractivity contribution in [1.82, 2.24) is 5.32 Å². The lowest BCUT2D eigenvalue weighted by Gasteiger charge is -2.15. The largest absolute Gasteiger partial charge is 0.348 e. The molecule has 0 aliphatic rings. The van der Waals surface area contributed by atoms with E-state index in [1.165, 1.54) is 11.9 Å². The molecule has 0 bridgehead atoms. The van der Waals surface area contributed by atoms with Crippen LogP contribution in [0, 0.1) is 0 Å². The number of fused-ring (bicyclic) bond motifs is 1. The summed E-state index contributed by atoms with van der Waals surface area (Å²) in [4.78, 5) is 13.9. The average Bonchev–Trinajstić information content (AvgIpc) is 2.75. The van der Waals surface area contributed by atoms with Gasteiger partial charge in [0.1, 0.15) is 0 Å². The van der Waals surface area contributed by atoms with Crippen LogP contribution < -0.4 is 10.0 Å². The Morgan fingerprint density at radius 2 is 1.53 bits per heavy atom. The van der Waals surface area contributed by atoms with E-state index in [0.29, 0.717) is 22.2 Å². The lowest BCUT2D eigenvalue weighted by molar-refractivity contribution is 0.0952. The zero-order chi connectivity index (χ0) is 20.9. The topological polar surface area (TPSA) is 41.1 Å². The van der Waals surface area contributed by atoms with Gasteiger partial charge in [0.2, 0.25) is 0 Å². The van der Waals surface area contributed by atoms with Gasteiger partial charge in [-0.05, 0) is 47.2 Å². The SMILES string of the molecule is O=C(NCc1ccccc1)c1ccc2ccccc2c1NSc1cc(Cl)cc(Cl)c1. The predicted molar refractivity (Wildman–Crippen MR) is 128 cm³/mol. The molecule has 0 aliphatic carbocycles. The van der Waals surface area contributed by atoms with Crippen molar-refractivity contribution in [2.75, 3.05) is 4.72 Å². The number of anilines is 1. The molecule has 2 N–H and O–H groups in total. The number of nitrogens with one attached hydrogen (secondary N) is 2. The molecule has 0 fully saturated rings. The van der Waals surface area contributed by atoms with Gasteiger partial charge >= 0.3 is 0 Å². The number of carbonyl (C=O) groups is 1. The van der Waals surface area contributed by atoms with Crippen LogP contribution in [0.1, 0.15) is 15.9 Å². The number of benzene rings is 4. The van der Waals surface area contributed by atoms with Crippen LogP contribution in [0.2, 0.25) is 10.0 Å². The van der Waals surface area contributed by atoms with Crippen molar-refractivity contribution in [2.45, 2.75) is 11.4 Å². The summed E-state index contributed by atoms with van der Waals surface area (Å²) in [6.45, 7) is 0.461. The number of hydrogen-bond donors (Lipinski definition) is 2. The van der Waals surface area contributed by atoms with Crippen LogP contribution in [-0.2, 0) is 6.54 Å². The molecule has 3 nitrogen and oxygen atoms in total. The van der Waals surface area contributed by atoms with Gasteiger partial charge in [-0.2, -0.15) is 0 Å². The first-order valence-electron chi connectivity index (χ1n) is 9.33. The smallest absolute Gasteiger partial charge is 0.253 e. The fraction of sp³-hybridized carbons (Fsp3) is 0.0417. The first-order valence-corrected chi connectivity index (χ1v) is 10.9. The third kappa shape index (κ3) is 4.90. The van der Waals surface area contributed by atoms with E-state index in [0.717, 1.165) is 26.9 Å². The van der Waals surface area contributed by atoms with Gasteiger partial charge in [0.15, 0.2) is 0 Å². The summed E-state index contributed by atoms with van der Waals surface area (Å²) >= 11 is 13.6. The molecule has 0 radical (unpaired) electrons. The molecule has 6 heteroatoms. The van der Waals surface area contributed by atoms with Crippen LogP contribution in [0.15, 0.2) is 89.8 Å². The van der Waals surface area contributed by atoms with E-state index in [1.54, 1.807) is 6.07 Å². The minimum atomic E-state index is -0.142. The molecule has 0 heterocycles. The second kappa shape index (κ2) is 9.43. The fourth-order valence-electron chi connectivity index (χ4n) is 3.14. The van der Waals surface area contributed by atoms with E-state index in [4.69, 9.17) is 23.2 Å². The van der Waals surface area contributed by atoms with Crippen LogP contribution in [0.5, 0.6) is 0 Å². The second-order valence-electron chi connectivity index (χ2n) is 6.69. The van der Waals surface area contributed by atoms with Crippen LogP contribution in [0.25, 0.3) is 10.8 Å². The van der Waals surface area contributed by atoms with Crippen molar-refractivity contribution in [3.05, 3.63) is 106 Å². The molecule has 0 aliphatic heterocycles. The highest BCUT2D eigenvalue weighted by Gasteiger charge is 2.15. The molecule has 4 rings (SSSR count). The van der Waals surface area contributed by atoms with E-state index < -0.39 is 0 Å². The van der Waals surface area contributed by atoms with Crippen molar-refractivity contribution in [3.8, 4) is 0 Å². The maximum absolute atomic E-state index is 13.0. The Bertz CT molecular complexity index is 1180. The van der Waals surface area contributed by atoms with Crippen LogP contribution >= 0.6 is 35.1 Å². The number of carbonyl (C=O) groups excluding carboxylic acids is 1. The molecule has 0 spiro atoms. The van der Waals surface area contributed by atoms with Crippen molar-refractivity contribution in [2.24, 2.45) is 0 Å². The van der Waals surface area contributed by atoms with Crippen molar-refractivity contribution >= 4 is 57.5 Å². The molecular weight excluding hydrogens is 435 g/mol. The third-order valence-corrected chi connectivity index (χ3v) is 5.79. The number of halogens is 2. The lowest BCUT2D eigenvalue weighted by atomic mass is 10.0. The summed E-state index contributed by atoms with van der Waals surface area (Å²) in [5, 5.41) is 6.14. The van der Waals surface area contributed by atoms with E-state index in [9.17, 15) is 4.79 Å². The Morgan fingerprint density at radius 3 is 2.30 bits per heavy atom. The Labute approximate surface area is 189 Å². The van der Waals surface area contributed by atoms with Gasteiger partial charge in [0, 0.05) is 26.9 Å². The van der Waals surface area contributed by atoms with Gasteiger partial charge in [-0.1, -0.05) is 83.9 Å². The quantitative estimate of drug-likeness (QED) is 0.304. The van der Waals surface area contributed by atoms with Crippen molar-refractivity contribution < 1.29 is 4.79 Å². The summed E-state index contributed by atoms with van der Waals surface area (Å²) in [7, 11) is 0. The molecule has 150 valence electrons.